The summed E-state index contributed by atoms with van der Waals surface area (Å²) in [7, 11) is -0.942. The Bertz CT molecular complexity index is 2210. The van der Waals surface area contributed by atoms with Crippen LogP contribution in [-0.2, 0) is 31.5 Å². The summed E-state index contributed by atoms with van der Waals surface area (Å²) in [5, 5.41) is 9.61. The number of amides is 4. The quantitative estimate of drug-likeness (QED) is 0.255. The van der Waals surface area contributed by atoms with Gasteiger partial charge in [-0.05, 0) is 70.6 Å². The van der Waals surface area contributed by atoms with Crippen molar-refractivity contribution in [2.75, 3.05) is 13.7 Å². The monoisotopic (exact) mass is 809 g/mol. The highest BCUT2D eigenvalue weighted by molar-refractivity contribution is 7.91. The summed E-state index contributed by atoms with van der Waals surface area (Å²) in [4.78, 5) is 62.1. The first-order valence-electron chi connectivity index (χ1n) is 19.4. The maximum Gasteiger partial charge on any atom is 0.272 e. The molecule has 3 fully saturated rings. The van der Waals surface area contributed by atoms with Crippen molar-refractivity contribution in [2.24, 2.45) is 13.0 Å². The van der Waals surface area contributed by atoms with Gasteiger partial charge in [-0.2, -0.15) is 5.10 Å². The number of aryl methyl sites for hydroxylation is 1. The van der Waals surface area contributed by atoms with Gasteiger partial charge in [0.1, 0.15) is 40.7 Å². The Hall–Kier alpha value is -5.26. The predicted molar refractivity (Wildman–Crippen MR) is 204 cm³/mol. The molecular weight excluding hydrogens is 762 g/mol. The van der Waals surface area contributed by atoms with Gasteiger partial charge in [-0.25, -0.2) is 17.8 Å². The third-order valence-corrected chi connectivity index (χ3v) is 12.6. The Labute approximate surface area is 329 Å². The number of nitrogens with zero attached hydrogens (tertiary/aromatic N) is 4. The van der Waals surface area contributed by atoms with Gasteiger partial charge in [0.15, 0.2) is 11.6 Å². The minimum atomic E-state index is -3.93. The van der Waals surface area contributed by atoms with Gasteiger partial charge < -0.3 is 29.7 Å². The standard InChI is InChI=1S/C39H48FN7O9S/c1-22(2)55-32-19-31(26-14-15-27(40)34(54-4)33(26)42-32)56-24-18-30-36(49)43-39(38(51)45-57(52,53)25-12-13-25)20-23(39)10-8-6-5-7-9-11-29(37(50)47(30)21-24)41-35(48)28-16-17-46(3)44-28/h8,10,14-17,19,22-25,29-30H,5-7,9,11-13,18,20-21H2,1-4H3,(H,41,48)(H,43,49)(H,45,51)/b10-8-/t23?,24-,29+,30?,39-/m1/s1. The van der Waals surface area contributed by atoms with E-state index in [1.165, 1.54) is 34.9 Å². The van der Waals surface area contributed by atoms with E-state index < -0.39 is 74.4 Å². The smallest absolute Gasteiger partial charge is 0.272 e. The van der Waals surface area contributed by atoms with Crippen LogP contribution in [0.3, 0.4) is 0 Å². The van der Waals surface area contributed by atoms with E-state index in [9.17, 15) is 32.0 Å². The van der Waals surface area contributed by atoms with E-state index in [0.29, 0.717) is 31.1 Å². The zero-order valence-corrected chi connectivity index (χ0v) is 33.1. The maximum atomic E-state index is 14.9. The number of hydrogen-bond donors (Lipinski definition) is 3. The van der Waals surface area contributed by atoms with Crippen LogP contribution in [0.25, 0.3) is 10.9 Å². The number of benzene rings is 1. The van der Waals surface area contributed by atoms with Crippen LogP contribution < -0.4 is 29.6 Å². The molecule has 5 atom stereocenters. The van der Waals surface area contributed by atoms with Gasteiger partial charge in [0.05, 0.1) is 25.0 Å². The molecule has 3 aromatic rings. The van der Waals surface area contributed by atoms with E-state index in [0.717, 1.165) is 12.8 Å². The summed E-state index contributed by atoms with van der Waals surface area (Å²) in [5.41, 5.74) is -1.29. The fraction of sp³-hybridized carbons (Fsp3) is 0.538. The Kier molecular flexibility index (Phi) is 11.2. The fourth-order valence-electron chi connectivity index (χ4n) is 7.58. The lowest BCUT2D eigenvalue weighted by Crippen LogP contribution is -2.58. The number of carbonyl (C=O) groups excluding carboxylic acids is 4. The second-order valence-electron chi connectivity index (χ2n) is 15.5. The summed E-state index contributed by atoms with van der Waals surface area (Å²) in [6.45, 7) is 3.51. The van der Waals surface area contributed by atoms with Crippen molar-refractivity contribution < 1.29 is 46.2 Å². The van der Waals surface area contributed by atoms with E-state index >= 15 is 0 Å². The summed E-state index contributed by atoms with van der Waals surface area (Å²) in [5.74, 6) is -3.45. The molecule has 1 saturated heterocycles. The maximum absolute atomic E-state index is 14.9. The normalized spacial score (nSPS) is 26.0. The highest BCUT2D eigenvalue weighted by Gasteiger charge is 2.62. The van der Waals surface area contributed by atoms with E-state index in [1.807, 2.05) is 12.2 Å². The van der Waals surface area contributed by atoms with Gasteiger partial charge in [0.25, 0.3) is 11.8 Å². The molecule has 7 rings (SSSR count). The Morgan fingerprint density at radius 1 is 1.11 bits per heavy atom. The molecule has 3 N–H and O–H groups in total. The molecule has 4 aliphatic rings. The van der Waals surface area contributed by atoms with Gasteiger partial charge in [-0.1, -0.05) is 25.0 Å². The number of nitrogens with one attached hydrogen (secondary N) is 3. The van der Waals surface area contributed by atoms with Crippen molar-refractivity contribution >= 4 is 44.6 Å². The van der Waals surface area contributed by atoms with Crippen molar-refractivity contribution in [2.45, 2.75) is 107 Å². The van der Waals surface area contributed by atoms with E-state index in [4.69, 9.17) is 14.2 Å². The van der Waals surface area contributed by atoms with Crippen LogP contribution in [0.1, 0.15) is 82.1 Å². The summed E-state index contributed by atoms with van der Waals surface area (Å²) in [6, 6.07) is 3.56. The number of hydrogen-bond acceptors (Lipinski definition) is 11. The van der Waals surface area contributed by atoms with Gasteiger partial charge in [0, 0.05) is 37.0 Å². The van der Waals surface area contributed by atoms with Crippen molar-refractivity contribution in [3.8, 4) is 17.4 Å². The van der Waals surface area contributed by atoms with Crippen molar-refractivity contribution in [3.63, 3.8) is 0 Å². The number of sulfonamides is 1. The van der Waals surface area contributed by atoms with Crippen LogP contribution in [0.5, 0.6) is 17.4 Å². The minimum absolute atomic E-state index is 0.0421. The van der Waals surface area contributed by atoms with Crippen molar-refractivity contribution in [3.05, 3.63) is 54.1 Å². The first kappa shape index (κ1) is 40.0. The SMILES string of the molecule is COc1c(F)ccc2c(O[C@@H]3CC4C(=O)N[C@]5(C(=O)NS(=O)(=O)C6CC6)CC5/C=C\CCCCC[C@H](NC(=O)c5ccn(C)n5)C(=O)N4C3)cc(OC(C)C)nc12. The fourth-order valence-corrected chi connectivity index (χ4v) is 8.94. The molecule has 306 valence electrons. The number of ether oxygens (including phenoxy) is 3. The molecule has 57 heavy (non-hydrogen) atoms. The number of rotatable bonds is 10. The molecule has 18 heteroatoms. The third-order valence-electron chi connectivity index (χ3n) is 10.8. The summed E-state index contributed by atoms with van der Waals surface area (Å²) < 4.78 is 62.1. The van der Waals surface area contributed by atoms with E-state index in [-0.39, 0.29) is 60.5 Å². The molecule has 2 unspecified atom stereocenters. The van der Waals surface area contributed by atoms with Crippen LogP contribution in [0.4, 0.5) is 4.39 Å². The van der Waals surface area contributed by atoms with Gasteiger partial charge in [-0.15, -0.1) is 0 Å². The average molecular weight is 810 g/mol. The summed E-state index contributed by atoms with van der Waals surface area (Å²) in [6.07, 6.45) is 8.32. The minimum Gasteiger partial charge on any atom is -0.491 e. The predicted octanol–water partition coefficient (Wildman–Crippen LogP) is 3.05. The third kappa shape index (κ3) is 8.55. The van der Waals surface area contributed by atoms with Gasteiger partial charge >= 0.3 is 0 Å². The van der Waals surface area contributed by atoms with Crippen LogP contribution in [0, 0.1) is 11.7 Å². The molecule has 16 nitrogen and oxygen atoms in total. The molecule has 0 radical (unpaired) electrons. The molecule has 0 spiro atoms. The molecule has 2 saturated carbocycles. The van der Waals surface area contributed by atoms with Crippen LogP contribution in [0.2, 0.25) is 0 Å². The molecule has 1 aromatic carbocycles. The lowest BCUT2D eigenvalue weighted by atomic mass is 10.0. The van der Waals surface area contributed by atoms with Gasteiger partial charge in [-0.3, -0.25) is 28.6 Å². The number of aromatic nitrogens is 3. The highest BCUT2D eigenvalue weighted by Crippen LogP contribution is 2.46. The number of pyridine rings is 1. The largest absolute Gasteiger partial charge is 0.491 e. The molecule has 4 amide bonds. The first-order valence-corrected chi connectivity index (χ1v) is 20.9. The zero-order valence-electron chi connectivity index (χ0n) is 32.3. The second kappa shape index (κ2) is 15.9. The number of halogens is 1. The van der Waals surface area contributed by atoms with E-state index in [2.05, 4.69) is 25.4 Å². The Morgan fingerprint density at radius 2 is 1.89 bits per heavy atom. The lowest BCUT2D eigenvalue weighted by Gasteiger charge is -2.29. The number of methoxy groups -OCH3 is 1. The average Bonchev–Trinajstić information content (AvgIpc) is 4.04. The first-order chi connectivity index (χ1) is 27.2. The zero-order chi connectivity index (χ0) is 40.6. The lowest BCUT2D eigenvalue weighted by molar-refractivity contribution is -0.141. The molecule has 2 aromatic heterocycles. The van der Waals surface area contributed by atoms with Gasteiger partial charge in [0.2, 0.25) is 27.7 Å². The molecule has 2 aliphatic heterocycles. The molecule has 4 heterocycles. The topological polar surface area (TPSA) is 200 Å². The van der Waals surface area contributed by atoms with Crippen molar-refractivity contribution in [1.29, 1.82) is 0 Å². The second-order valence-corrected chi connectivity index (χ2v) is 17.5. The van der Waals surface area contributed by atoms with E-state index in [1.54, 1.807) is 33.2 Å². The van der Waals surface area contributed by atoms with Crippen LogP contribution in [0.15, 0.2) is 42.6 Å². The van der Waals surface area contributed by atoms with Crippen molar-refractivity contribution in [1.82, 2.24) is 35.0 Å². The van der Waals surface area contributed by atoms with Crippen LogP contribution in [-0.4, -0.2) is 100 Å². The molecule has 0 bridgehead atoms. The summed E-state index contributed by atoms with van der Waals surface area (Å²) >= 11 is 0. The van der Waals surface area contributed by atoms with Crippen LogP contribution >= 0.6 is 0 Å². The molecule has 2 aliphatic carbocycles. The number of fused-ring (bicyclic) bond motifs is 3. The Morgan fingerprint density at radius 3 is 2.60 bits per heavy atom. The highest BCUT2D eigenvalue weighted by atomic mass is 32.2. The number of allylic oxidation sites excluding steroid dienone is 1. The Balaban J connectivity index is 1.23. The molecular formula is C39H48FN7O9S. The number of carbonyl (C=O) groups is 4.